The van der Waals surface area contributed by atoms with Crippen LogP contribution >= 0.6 is 0 Å². The van der Waals surface area contributed by atoms with Crippen LogP contribution in [0.3, 0.4) is 0 Å². The van der Waals surface area contributed by atoms with Gasteiger partial charge in [-0.2, -0.15) is 10.2 Å². The number of benzene rings is 2. The molecule has 0 saturated heterocycles. The Kier molecular flexibility index (Phi) is 6.84. The minimum Gasteiger partial charge on any atom is -0.392 e. The van der Waals surface area contributed by atoms with E-state index < -0.39 is 0 Å². The SMILES string of the molecule is C/C(=N\N=C(/C)c1ccc(C)cc1C/C=C/CO)c1ccc(C)cc1. The van der Waals surface area contributed by atoms with Gasteiger partial charge in [-0.1, -0.05) is 65.7 Å². The molecule has 3 heteroatoms. The summed E-state index contributed by atoms with van der Waals surface area (Å²) in [7, 11) is 0. The molecule has 1 N–H and O–H groups in total. The van der Waals surface area contributed by atoms with E-state index in [1.165, 1.54) is 16.7 Å². The fourth-order valence-corrected chi connectivity index (χ4v) is 2.59. The zero-order valence-electron chi connectivity index (χ0n) is 15.5. The fourth-order valence-electron chi connectivity index (χ4n) is 2.59. The number of aliphatic hydroxyl groups is 1. The van der Waals surface area contributed by atoms with Crippen LogP contribution in [0.4, 0.5) is 0 Å². The average molecular weight is 334 g/mol. The Labute approximate surface area is 150 Å². The third-order valence-electron chi connectivity index (χ3n) is 4.08. The summed E-state index contributed by atoms with van der Waals surface area (Å²) >= 11 is 0. The molecule has 130 valence electrons. The molecule has 0 fully saturated rings. The first kappa shape index (κ1) is 18.8. The predicted octanol–water partition coefficient (Wildman–Crippen LogP) is 4.63. The maximum Gasteiger partial charge on any atom is 0.0674 e. The van der Waals surface area contributed by atoms with Crippen molar-refractivity contribution < 1.29 is 5.11 Å². The summed E-state index contributed by atoms with van der Waals surface area (Å²) in [5.74, 6) is 0. The van der Waals surface area contributed by atoms with Gasteiger partial charge in [-0.25, -0.2) is 0 Å². The Morgan fingerprint density at radius 2 is 1.52 bits per heavy atom. The second-order valence-electron chi connectivity index (χ2n) is 6.26. The molecule has 0 bridgehead atoms. The summed E-state index contributed by atoms with van der Waals surface area (Å²) in [6.07, 6.45) is 4.51. The molecule has 0 radical (unpaired) electrons. The van der Waals surface area contributed by atoms with Crippen molar-refractivity contribution >= 4 is 11.4 Å². The van der Waals surface area contributed by atoms with Crippen LogP contribution in [0.1, 0.15) is 41.7 Å². The van der Waals surface area contributed by atoms with Crippen molar-refractivity contribution in [3.8, 4) is 0 Å². The van der Waals surface area contributed by atoms with E-state index in [0.717, 1.165) is 29.0 Å². The van der Waals surface area contributed by atoms with Crippen molar-refractivity contribution in [1.29, 1.82) is 0 Å². The van der Waals surface area contributed by atoms with E-state index in [-0.39, 0.29) is 6.61 Å². The highest BCUT2D eigenvalue weighted by molar-refractivity contribution is 6.02. The summed E-state index contributed by atoms with van der Waals surface area (Å²) in [4.78, 5) is 0. The van der Waals surface area contributed by atoms with E-state index in [4.69, 9.17) is 5.11 Å². The van der Waals surface area contributed by atoms with Gasteiger partial charge in [-0.15, -0.1) is 0 Å². The second kappa shape index (κ2) is 9.09. The molecule has 0 aromatic heterocycles. The zero-order valence-corrected chi connectivity index (χ0v) is 15.5. The number of rotatable bonds is 6. The molecule has 0 saturated carbocycles. The molecule has 0 heterocycles. The van der Waals surface area contributed by atoms with Crippen LogP contribution in [-0.4, -0.2) is 23.1 Å². The van der Waals surface area contributed by atoms with Gasteiger partial charge >= 0.3 is 0 Å². The number of nitrogens with zero attached hydrogens (tertiary/aromatic N) is 2. The lowest BCUT2D eigenvalue weighted by Gasteiger charge is -2.08. The highest BCUT2D eigenvalue weighted by Gasteiger charge is 2.05. The molecule has 0 spiro atoms. The Morgan fingerprint density at radius 1 is 0.880 bits per heavy atom. The number of hydrogen-bond acceptors (Lipinski definition) is 3. The molecule has 0 amide bonds. The minimum absolute atomic E-state index is 0.0637. The van der Waals surface area contributed by atoms with Gasteiger partial charge in [-0.05, 0) is 45.2 Å². The maximum atomic E-state index is 8.92. The largest absolute Gasteiger partial charge is 0.392 e. The lowest BCUT2D eigenvalue weighted by atomic mass is 9.98. The lowest BCUT2D eigenvalue weighted by molar-refractivity contribution is 0.342. The van der Waals surface area contributed by atoms with Gasteiger partial charge in [-0.3, -0.25) is 0 Å². The van der Waals surface area contributed by atoms with Gasteiger partial charge < -0.3 is 5.11 Å². The second-order valence-corrected chi connectivity index (χ2v) is 6.26. The topological polar surface area (TPSA) is 45.0 Å². The molecule has 2 aromatic carbocycles. The molecule has 2 rings (SSSR count). The van der Waals surface area contributed by atoms with Gasteiger partial charge in [0, 0.05) is 5.56 Å². The molecule has 0 atom stereocenters. The molecular weight excluding hydrogens is 308 g/mol. The Balaban J connectivity index is 2.28. The summed E-state index contributed by atoms with van der Waals surface area (Å²) in [6, 6.07) is 14.6. The minimum atomic E-state index is 0.0637. The standard InChI is InChI=1S/C22H26N2O/c1-16-8-11-20(12-9-16)18(3)23-24-19(4)22-13-10-17(2)15-21(22)7-5-6-14-25/h5-6,8-13,15,25H,7,14H2,1-4H3/b6-5+,23-18+,24-19+. The number of allylic oxidation sites excluding steroid dienone is 1. The first-order valence-electron chi connectivity index (χ1n) is 8.53. The molecule has 25 heavy (non-hydrogen) atoms. The van der Waals surface area contributed by atoms with Crippen molar-refractivity contribution in [2.24, 2.45) is 10.2 Å². The third kappa shape index (κ3) is 5.50. The van der Waals surface area contributed by atoms with E-state index in [0.29, 0.717) is 0 Å². The first-order valence-corrected chi connectivity index (χ1v) is 8.53. The van der Waals surface area contributed by atoms with Gasteiger partial charge in [0.05, 0.1) is 18.0 Å². The highest BCUT2D eigenvalue weighted by atomic mass is 16.2. The Morgan fingerprint density at radius 3 is 2.20 bits per heavy atom. The van der Waals surface area contributed by atoms with E-state index >= 15 is 0 Å². The van der Waals surface area contributed by atoms with E-state index in [1.54, 1.807) is 6.08 Å². The molecule has 3 nitrogen and oxygen atoms in total. The van der Waals surface area contributed by atoms with Crippen molar-refractivity contribution in [3.63, 3.8) is 0 Å². The van der Waals surface area contributed by atoms with Crippen molar-refractivity contribution in [2.75, 3.05) is 6.61 Å². The molecule has 0 aliphatic rings. The van der Waals surface area contributed by atoms with Crippen LogP contribution in [0.25, 0.3) is 0 Å². The fraction of sp³-hybridized carbons (Fsp3) is 0.273. The van der Waals surface area contributed by atoms with Crippen LogP contribution in [-0.2, 0) is 6.42 Å². The highest BCUT2D eigenvalue weighted by Crippen LogP contribution is 2.15. The summed E-state index contributed by atoms with van der Waals surface area (Å²) < 4.78 is 0. The van der Waals surface area contributed by atoms with Crippen LogP contribution in [0, 0.1) is 13.8 Å². The van der Waals surface area contributed by atoms with Crippen LogP contribution in [0.15, 0.2) is 64.8 Å². The molecule has 2 aromatic rings. The number of aliphatic hydroxyl groups excluding tert-OH is 1. The quantitative estimate of drug-likeness (QED) is 0.467. The van der Waals surface area contributed by atoms with Gasteiger partial charge in [0.25, 0.3) is 0 Å². The summed E-state index contributed by atoms with van der Waals surface area (Å²) in [6.45, 7) is 8.17. The summed E-state index contributed by atoms with van der Waals surface area (Å²) in [5, 5.41) is 17.8. The Hall–Kier alpha value is -2.52. The monoisotopic (exact) mass is 334 g/mol. The van der Waals surface area contributed by atoms with Crippen molar-refractivity contribution in [1.82, 2.24) is 0 Å². The van der Waals surface area contributed by atoms with Gasteiger partial charge in [0.1, 0.15) is 0 Å². The Bertz CT molecular complexity index is 799. The van der Waals surface area contributed by atoms with Crippen molar-refractivity contribution in [3.05, 3.63) is 82.4 Å². The first-order chi connectivity index (χ1) is 12.0. The van der Waals surface area contributed by atoms with Gasteiger partial charge in [0.2, 0.25) is 0 Å². The predicted molar refractivity (Wildman–Crippen MR) is 107 cm³/mol. The smallest absolute Gasteiger partial charge is 0.0674 e. The molecule has 0 aliphatic heterocycles. The average Bonchev–Trinajstić information content (AvgIpc) is 2.60. The number of hydrogen-bond donors (Lipinski definition) is 1. The number of aryl methyl sites for hydroxylation is 2. The summed E-state index contributed by atoms with van der Waals surface area (Å²) in [5.41, 5.74) is 7.59. The molecule has 0 unspecified atom stereocenters. The zero-order chi connectivity index (χ0) is 18.2. The maximum absolute atomic E-state index is 8.92. The molecule has 0 aliphatic carbocycles. The van der Waals surface area contributed by atoms with Crippen molar-refractivity contribution in [2.45, 2.75) is 34.1 Å². The van der Waals surface area contributed by atoms with Crippen LogP contribution < -0.4 is 0 Å². The van der Waals surface area contributed by atoms with E-state index in [2.05, 4.69) is 66.5 Å². The lowest BCUT2D eigenvalue weighted by Crippen LogP contribution is -2.02. The van der Waals surface area contributed by atoms with Gasteiger partial charge in [0.15, 0.2) is 0 Å². The van der Waals surface area contributed by atoms with E-state index in [1.807, 2.05) is 19.9 Å². The van der Waals surface area contributed by atoms with E-state index in [9.17, 15) is 0 Å². The van der Waals surface area contributed by atoms with Crippen LogP contribution in [0.2, 0.25) is 0 Å². The molecular formula is C22H26N2O. The van der Waals surface area contributed by atoms with Crippen LogP contribution in [0.5, 0.6) is 0 Å². The third-order valence-corrected chi connectivity index (χ3v) is 4.08. The normalized spacial score (nSPS) is 12.8.